The molecule has 7 nitrogen and oxygen atoms in total. The molecule has 0 aromatic carbocycles. The van der Waals surface area contributed by atoms with E-state index in [9.17, 15) is 4.79 Å². The lowest BCUT2D eigenvalue weighted by atomic mass is 10.0. The number of hydrogen-bond donors (Lipinski definition) is 1. The van der Waals surface area contributed by atoms with Crippen molar-refractivity contribution in [1.82, 2.24) is 14.6 Å². The second kappa shape index (κ2) is 5.81. The topological polar surface area (TPSA) is 91.7 Å². The van der Waals surface area contributed by atoms with E-state index in [1.165, 1.54) is 6.33 Å². The van der Waals surface area contributed by atoms with Crippen LogP contribution in [0.4, 0.5) is 5.82 Å². The Labute approximate surface area is 134 Å². The number of rotatable bonds is 4. The van der Waals surface area contributed by atoms with Crippen molar-refractivity contribution in [1.29, 1.82) is 0 Å². The number of carbonyl (C=O) groups is 1. The van der Waals surface area contributed by atoms with E-state index in [0.717, 1.165) is 24.1 Å². The highest BCUT2D eigenvalue weighted by atomic mass is 16.6. The van der Waals surface area contributed by atoms with Gasteiger partial charge >= 0.3 is 5.97 Å². The van der Waals surface area contributed by atoms with Crippen molar-refractivity contribution in [3.8, 4) is 0 Å². The van der Waals surface area contributed by atoms with Gasteiger partial charge in [-0.2, -0.15) is 5.10 Å². The Bertz CT molecular complexity index is 727. The third kappa shape index (κ3) is 3.01. The second-order valence-electron chi connectivity index (χ2n) is 6.56. The maximum atomic E-state index is 11.7. The van der Waals surface area contributed by atoms with Crippen LogP contribution in [-0.4, -0.2) is 32.8 Å². The smallest absolute Gasteiger partial charge is 0.308 e. The van der Waals surface area contributed by atoms with E-state index in [1.807, 2.05) is 32.9 Å². The summed E-state index contributed by atoms with van der Waals surface area (Å²) < 4.78 is 13.3. The number of nitrogens with two attached hydrogens (primary N) is 1. The average molecular weight is 318 g/mol. The summed E-state index contributed by atoms with van der Waals surface area (Å²) in [6.07, 6.45) is 2.99. The summed E-state index contributed by atoms with van der Waals surface area (Å²) in [4.78, 5) is 15.6. The summed E-state index contributed by atoms with van der Waals surface area (Å²) in [6, 6.07) is 3.85. The first-order valence-electron chi connectivity index (χ1n) is 7.82. The fourth-order valence-corrected chi connectivity index (χ4v) is 2.82. The quantitative estimate of drug-likeness (QED) is 0.868. The van der Waals surface area contributed by atoms with Crippen LogP contribution in [-0.2, 0) is 14.3 Å². The Morgan fingerprint density at radius 1 is 1.57 bits per heavy atom. The van der Waals surface area contributed by atoms with Crippen LogP contribution in [0, 0.1) is 5.92 Å². The van der Waals surface area contributed by atoms with E-state index in [4.69, 9.17) is 15.2 Å². The number of carbonyl (C=O) groups excluding carboxylic acids is 1. The molecule has 3 rings (SSSR count). The number of nitrogens with zero attached hydrogens (tertiary/aromatic N) is 3. The summed E-state index contributed by atoms with van der Waals surface area (Å²) in [6.45, 7) is 5.88. The van der Waals surface area contributed by atoms with Crippen LogP contribution in [0.2, 0.25) is 0 Å². The summed E-state index contributed by atoms with van der Waals surface area (Å²) in [5.74, 6) is 0.106. The minimum Gasteiger partial charge on any atom is -0.462 e. The molecule has 1 unspecified atom stereocenters. The predicted molar refractivity (Wildman–Crippen MR) is 84.7 cm³/mol. The molecule has 124 valence electrons. The molecule has 2 N–H and O–H groups in total. The maximum absolute atomic E-state index is 11.7. The average Bonchev–Trinajstić information content (AvgIpc) is 3.10. The molecular formula is C16H22N4O3. The van der Waals surface area contributed by atoms with Crippen molar-refractivity contribution in [2.75, 3.05) is 12.3 Å². The Balaban J connectivity index is 1.73. The molecule has 1 aliphatic heterocycles. The summed E-state index contributed by atoms with van der Waals surface area (Å²) in [5.41, 5.74) is 7.09. The van der Waals surface area contributed by atoms with E-state index in [1.54, 1.807) is 4.52 Å². The van der Waals surface area contributed by atoms with E-state index < -0.39 is 5.60 Å². The van der Waals surface area contributed by atoms with Crippen molar-refractivity contribution >= 4 is 17.3 Å². The van der Waals surface area contributed by atoms with Gasteiger partial charge in [0.25, 0.3) is 0 Å². The first-order chi connectivity index (χ1) is 10.9. The van der Waals surface area contributed by atoms with Crippen LogP contribution in [0.5, 0.6) is 0 Å². The molecular weight excluding hydrogens is 296 g/mol. The largest absolute Gasteiger partial charge is 0.462 e. The maximum Gasteiger partial charge on any atom is 0.308 e. The fraction of sp³-hybridized carbons (Fsp3) is 0.562. The molecule has 1 fully saturated rings. The lowest BCUT2D eigenvalue weighted by molar-refractivity contribution is -0.157. The first kappa shape index (κ1) is 15.7. The number of ether oxygens (including phenoxy) is 2. The van der Waals surface area contributed by atoms with Gasteiger partial charge < -0.3 is 15.2 Å². The Morgan fingerprint density at radius 3 is 3.09 bits per heavy atom. The lowest BCUT2D eigenvalue weighted by Gasteiger charge is -2.24. The van der Waals surface area contributed by atoms with Crippen LogP contribution in [0.25, 0.3) is 5.52 Å². The number of nitrogen functional groups attached to an aromatic ring is 1. The van der Waals surface area contributed by atoms with Crippen LogP contribution in [0.15, 0.2) is 18.5 Å². The van der Waals surface area contributed by atoms with Gasteiger partial charge in [0, 0.05) is 0 Å². The van der Waals surface area contributed by atoms with Gasteiger partial charge in [0.15, 0.2) is 5.82 Å². The Hall–Kier alpha value is -2.15. The molecule has 2 atom stereocenters. The van der Waals surface area contributed by atoms with Crippen LogP contribution in [0.1, 0.15) is 45.4 Å². The van der Waals surface area contributed by atoms with Gasteiger partial charge in [-0.1, -0.05) is 13.8 Å². The van der Waals surface area contributed by atoms with Crippen molar-refractivity contribution in [3.63, 3.8) is 0 Å². The zero-order valence-electron chi connectivity index (χ0n) is 13.7. The van der Waals surface area contributed by atoms with Gasteiger partial charge in [-0.25, -0.2) is 9.50 Å². The highest BCUT2D eigenvalue weighted by Gasteiger charge is 2.39. The van der Waals surface area contributed by atoms with Crippen LogP contribution in [0.3, 0.4) is 0 Å². The third-order valence-electron chi connectivity index (χ3n) is 4.19. The molecule has 0 saturated carbocycles. The standard InChI is InChI=1S/C16H22N4O3/c1-10(2)15(21)22-8-16(3)7-6-13(23-16)11-4-5-12-14(17)18-9-19-20(11)12/h4-5,9-10,13H,6-8H2,1-3H3,(H2,17,18,19)/t13?,16-/m0/s1. The molecule has 23 heavy (non-hydrogen) atoms. The molecule has 1 aliphatic rings. The highest BCUT2D eigenvalue weighted by Crippen LogP contribution is 2.40. The molecule has 0 spiro atoms. The minimum atomic E-state index is -0.474. The summed E-state index contributed by atoms with van der Waals surface area (Å²) >= 11 is 0. The summed E-state index contributed by atoms with van der Waals surface area (Å²) in [7, 11) is 0. The van der Waals surface area contributed by atoms with E-state index in [2.05, 4.69) is 10.1 Å². The number of fused-ring (bicyclic) bond motifs is 1. The fourth-order valence-electron chi connectivity index (χ4n) is 2.82. The van der Waals surface area contributed by atoms with Gasteiger partial charge in [0.05, 0.1) is 11.6 Å². The van der Waals surface area contributed by atoms with Gasteiger partial charge in [-0.3, -0.25) is 4.79 Å². The minimum absolute atomic E-state index is 0.102. The zero-order valence-corrected chi connectivity index (χ0v) is 13.7. The Kier molecular flexibility index (Phi) is 3.97. The lowest BCUT2D eigenvalue weighted by Crippen LogP contribution is -2.32. The Morgan fingerprint density at radius 2 is 2.35 bits per heavy atom. The predicted octanol–water partition coefficient (Wildman–Crippen LogP) is 2.12. The molecule has 0 bridgehead atoms. The van der Waals surface area contributed by atoms with E-state index >= 15 is 0 Å². The molecule has 1 saturated heterocycles. The normalized spacial score (nSPS) is 24.4. The monoisotopic (exact) mass is 318 g/mol. The zero-order chi connectivity index (χ0) is 16.6. The van der Waals surface area contributed by atoms with Gasteiger partial charge in [0.2, 0.25) is 0 Å². The first-order valence-corrected chi connectivity index (χ1v) is 7.82. The van der Waals surface area contributed by atoms with Gasteiger partial charge in [-0.05, 0) is 31.9 Å². The van der Waals surface area contributed by atoms with Gasteiger partial charge in [-0.15, -0.1) is 0 Å². The van der Waals surface area contributed by atoms with Crippen molar-refractivity contribution in [2.24, 2.45) is 5.92 Å². The molecule has 0 radical (unpaired) electrons. The third-order valence-corrected chi connectivity index (χ3v) is 4.19. The molecule has 0 amide bonds. The second-order valence-corrected chi connectivity index (χ2v) is 6.56. The van der Waals surface area contributed by atoms with Gasteiger partial charge in [0.1, 0.15) is 30.2 Å². The number of anilines is 1. The van der Waals surface area contributed by atoms with Crippen LogP contribution >= 0.6 is 0 Å². The number of esters is 1. The van der Waals surface area contributed by atoms with E-state index in [-0.39, 0.29) is 24.6 Å². The molecule has 2 aromatic heterocycles. The molecule has 3 heterocycles. The SMILES string of the molecule is CC(C)C(=O)OC[C@]1(C)CCC(c2ccc3c(N)ncnn23)O1. The highest BCUT2D eigenvalue weighted by molar-refractivity contribution is 5.71. The number of aromatic nitrogens is 3. The van der Waals surface area contributed by atoms with Crippen molar-refractivity contribution in [2.45, 2.75) is 45.3 Å². The number of hydrogen-bond acceptors (Lipinski definition) is 6. The molecule has 2 aromatic rings. The van der Waals surface area contributed by atoms with Crippen molar-refractivity contribution < 1.29 is 14.3 Å². The molecule has 0 aliphatic carbocycles. The molecule has 7 heteroatoms. The van der Waals surface area contributed by atoms with Crippen molar-refractivity contribution in [3.05, 3.63) is 24.2 Å². The van der Waals surface area contributed by atoms with E-state index in [0.29, 0.717) is 5.82 Å². The summed E-state index contributed by atoms with van der Waals surface area (Å²) in [5, 5.41) is 4.25. The van der Waals surface area contributed by atoms with Crippen LogP contribution < -0.4 is 5.73 Å².